The molecule has 138 valence electrons. The molecule has 0 aliphatic rings. The molecule has 0 aliphatic heterocycles. The molecule has 4 nitrogen and oxygen atoms in total. The zero-order chi connectivity index (χ0) is 19.1. The summed E-state index contributed by atoms with van der Waals surface area (Å²) in [5.41, 5.74) is 4.10. The van der Waals surface area contributed by atoms with E-state index >= 15 is 0 Å². The fourth-order valence-electron chi connectivity index (χ4n) is 3.01. The summed E-state index contributed by atoms with van der Waals surface area (Å²) in [5, 5.41) is 2.97. The van der Waals surface area contributed by atoms with Crippen molar-refractivity contribution in [3.05, 3.63) is 106 Å². The summed E-state index contributed by atoms with van der Waals surface area (Å²) in [4.78, 5) is 24.3. The van der Waals surface area contributed by atoms with Crippen molar-refractivity contribution < 1.29 is 4.79 Å². The maximum Gasteiger partial charge on any atom is 0.251 e. The van der Waals surface area contributed by atoms with E-state index in [1.54, 1.807) is 22.9 Å². The highest BCUT2D eigenvalue weighted by Crippen LogP contribution is 2.15. The molecule has 0 bridgehead atoms. The van der Waals surface area contributed by atoms with Crippen molar-refractivity contribution in [2.45, 2.75) is 26.3 Å². The number of benzene rings is 2. The van der Waals surface area contributed by atoms with Crippen LogP contribution in [0.15, 0.2) is 77.7 Å². The van der Waals surface area contributed by atoms with Gasteiger partial charge in [-0.05, 0) is 43.0 Å². The average molecular weight is 360 g/mol. The van der Waals surface area contributed by atoms with Crippen LogP contribution in [0.2, 0.25) is 0 Å². The summed E-state index contributed by atoms with van der Waals surface area (Å²) in [6, 6.07) is 21.2. The number of nitrogens with zero attached hydrogens (tertiary/aromatic N) is 1. The summed E-state index contributed by atoms with van der Waals surface area (Å²) in [6.45, 7) is 3.18. The van der Waals surface area contributed by atoms with E-state index in [0.29, 0.717) is 25.1 Å². The van der Waals surface area contributed by atoms with E-state index < -0.39 is 0 Å². The minimum absolute atomic E-state index is 0.0210. The SMILES string of the molecule is Cc1ccc(Cc2ccccc2C(=O)NCCCn2ccccc2=O)cc1. The van der Waals surface area contributed by atoms with E-state index in [-0.39, 0.29) is 11.5 Å². The summed E-state index contributed by atoms with van der Waals surface area (Å²) < 4.78 is 1.65. The monoisotopic (exact) mass is 360 g/mol. The molecule has 3 rings (SSSR count). The van der Waals surface area contributed by atoms with Crippen LogP contribution in [0.1, 0.15) is 33.5 Å². The fraction of sp³-hybridized carbons (Fsp3) is 0.217. The smallest absolute Gasteiger partial charge is 0.251 e. The molecule has 1 amide bonds. The third-order valence-corrected chi connectivity index (χ3v) is 4.54. The third-order valence-electron chi connectivity index (χ3n) is 4.54. The number of nitrogens with one attached hydrogen (secondary N) is 1. The molecule has 1 aromatic heterocycles. The van der Waals surface area contributed by atoms with E-state index in [1.165, 1.54) is 11.1 Å². The van der Waals surface area contributed by atoms with Gasteiger partial charge in [0, 0.05) is 30.9 Å². The lowest BCUT2D eigenvalue weighted by atomic mass is 9.98. The summed E-state index contributed by atoms with van der Waals surface area (Å²) in [6.07, 6.45) is 3.19. The molecule has 0 radical (unpaired) electrons. The highest BCUT2D eigenvalue weighted by atomic mass is 16.1. The lowest BCUT2D eigenvalue weighted by Gasteiger charge is -2.11. The van der Waals surface area contributed by atoms with E-state index in [2.05, 4.69) is 36.5 Å². The standard InChI is InChI=1S/C23H24N2O2/c1-18-10-12-19(13-11-18)17-20-7-2-3-8-21(20)23(27)24-14-6-16-25-15-5-4-9-22(25)26/h2-5,7-13,15H,6,14,16-17H2,1H3,(H,24,27). The van der Waals surface area contributed by atoms with E-state index in [4.69, 9.17) is 0 Å². The van der Waals surface area contributed by atoms with Gasteiger partial charge in [-0.1, -0.05) is 54.1 Å². The number of hydrogen-bond acceptors (Lipinski definition) is 2. The number of aryl methyl sites for hydroxylation is 2. The van der Waals surface area contributed by atoms with Gasteiger partial charge in [-0.15, -0.1) is 0 Å². The van der Waals surface area contributed by atoms with Gasteiger partial charge in [0.25, 0.3) is 5.91 Å². The number of carbonyl (C=O) groups is 1. The van der Waals surface area contributed by atoms with Crippen LogP contribution in [0.25, 0.3) is 0 Å². The van der Waals surface area contributed by atoms with Crippen LogP contribution in [-0.2, 0) is 13.0 Å². The Morgan fingerprint density at radius 1 is 0.963 bits per heavy atom. The van der Waals surface area contributed by atoms with Gasteiger partial charge in [0.15, 0.2) is 0 Å². The van der Waals surface area contributed by atoms with Crippen LogP contribution in [0, 0.1) is 6.92 Å². The van der Waals surface area contributed by atoms with Crippen molar-refractivity contribution in [3.8, 4) is 0 Å². The number of hydrogen-bond donors (Lipinski definition) is 1. The summed E-state index contributed by atoms with van der Waals surface area (Å²) in [5.74, 6) is -0.0712. The Morgan fingerprint density at radius 3 is 2.48 bits per heavy atom. The first-order valence-corrected chi connectivity index (χ1v) is 9.20. The molecule has 0 fully saturated rings. The van der Waals surface area contributed by atoms with Crippen molar-refractivity contribution in [2.75, 3.05) is 6.54 Å². The molecule has 0 aliphatic carbocycles. The predicted molar refractivity (Wildman–Crippen MR) is 108 cm³/mol. The summed E-state index contributed by atoms with van der Waals surface area (Å²) in [7, 11) is 0. The second-order valence-electron chi connectivity index (χ2n) is 6.66. The molecule has 0 spiro atoms. The van der Waals surface area contributed by atoms with Crippen LogP contribution < -0.4 is 10.9 Å². The van der Waals surface area contributed by atoms with Gasteiger partial charge in [-0.25, -0.2) is 0 Å². The molecule has 27 heavy (non-hydrogen) atoms. The first kappa shape index (κ1) is 18.6. The molecule has 4 heteroatoms. The van der Waals surface area contributed by atoms with E-state index in [1.807, 2.05) is 30.3 Å². The van der Waals surface area contributed by atoms with Crippen LogP contribution >= 0.6 is 0 Å². The molecule has 1 heterocycles. The topological polar surface area (TPSA) is 51.1 Å². The molecule has 3 aromatic rings. The van der Waals surface area contributed by atoms with Crippen LogP contribution in [0.3, 0.4) is 0 Å². The van der Waals surface area contributed by atoms with Crippen molar-refractivity contribution >= 4 is 5.91 Å². The van der Waals surface area contributed by atoms with Gasteiger partial charge >= 0.3 is 0 Å². The number of aromatic nitrogens is 1. The van der Waals surface area contributed by atoms with E-state index in [9.17, 15) is 9.59 Å². The highest BCUT2D eigenvalue weighted by Gasteiger charge is 2.10. The van der Waals surface area contributed by atoms with Gasteiger partial charge in [0.1, 0.15) is 0 Å². The number of pyridine rings is 1. The fourth-order valence-corrected chi connectivity index (χ4v) is 3.01. The average Bonchev–Trinajstić information content (AvgIpc) is 2.68. The Morgan fingerprint density at radius 2 is 1.70 bits per heavy atom. The molecule has 0 atom stereocenters. The minimum atomic E-state index is -0.0712. The molecular formula is C23H24N2O2. The molecular weight excluding hydrogens is 336 g/mol. The quantitative estimate of drug-likeness (QED) is 0.655. The number of rotatable bonds is 7. The van der Waals surface area contributed by atoms with Gasteiger partial charge in [0.2, 0.25) is 5.56 Å². The van der Waals surface area contributed by atoms with Crippen molar-refractivity contribution in [3.63, 3.8) is 0 Å². The van der Waals surface area contributed by atoms with Crippen LogP contribution in [-0.4, -0.2) is 17.0 Å². The normalized spacial score (nSPS) is 10.6. The van der Waals surface area contributed by atoms with Crippen LogP contribution in [0.5, 0.6) is 0 Å². The van der Waals surface area contributed by atoms with E-state index in [0.717, 1.165) is 12.0 Å². The Kier molecular flexibility index (Phi) is 6.21. The third kappa shape index (κ3) is 5.17. The Hall–Kier alpha value is -3.14. The summed E-state index contributed by atoms with van der Waals surface area (Å²) >= 11 is 0. The Labute approximate surface area is 159 Å². The minimum Gasteiger partial charge on any atom is -0.352 e. The first-order valence-electron chi connectivity index (χ1n) is 9.20. The predicted octanol–water partition coefficient (Wildman–Crippen LogP) is 3.57. The lowest BCUT2D eigenvalue weighted by Crippen LogP contribution is -2.27. The van der Waals surface area contributed by atoms with Gasteiger partial charge in [-0.3, -0.25) is 9.59 Å². The molecule has 0 saturated heterocycles. The maximum atomic E-state index is 12.6. The van der Waals surface area contributed by atoms with Gasteiger partial charge in [0.05, 0.1) is 0 Å². The molecule has 0 unspecified atom stereocenters. The van der Waals surface area contributed by atoms with Crippen molar-refractivity contribution in [1.29, 1.82) is 0 Å². The van der Waals surface area contributed by atoms with Crippen molar-refractivity contribution in [1.82, 2.24) is 9.88 Å². The Bertz CT molecular complexity index is 958. The van der Waals surface area contributed by atoms with Gasteiger partial charge < -0.3 is 9.88 Å². The second-order valence-corrected chi connectivity index (χ2v) is 6.66. The highest BCUT2D eigenvalue weighted by molar-refractivity contribution is 5.95. The first-order chi connectivity index (χ1) is 13.1. The number of carbonyl (C=O) groups excluding carboxylic acids is 1. The Balaban J connectivity index is 1.59. The van der Waals surface area contributed by atoms with Gasteiger partial charge in [-0.2, -0.15) is 0 Å². The molecule has 0 saturated carbocycles. The maximum absolute atomic E-state index is 12.6. The molecule has 1 N–H and O–H groups in total. The largest absolute Gasteiger partial charge is 0.352 e. The van der Waals surface area contributed by atoms with Crippen molar-refractivity contribution in [2.24, 2.45) is 0 Å². The number of amides is 1. The second kappa shape index (κ2) is 8.99. The lowest BCUT2D eigenvalue weighted by molar-refractivity contribution is 0.0952. The molecule has 2 aromatic carbocycles. The zero-order valence-corrected chi connectivity index (χ0v) is 15.5. The van der Waals surface area contributed by atoms with Crippen LogP contribution in [0.4, 0.5) is 0 Å². The zero-order valence-electron chi connectivity index (χ0n) is 15.5.